The lowest BCUT2D eigenvalue weighted by Gasteiger charge is -2.29. The van der Waals surface area contributed by atoms with Crippen LogP contribution in [0.2, 0.25) is 0 Å². The fourth-order valence-electron chi connectivity index (χ4n) is 4.14. The third kappa shape index (κ3) is 5.49. The van der Waals surface area contributed by atoms with E-state index in [0.29, 0.717) is 6.04 Å². The lowest BCUT2D eigenvalue weighted by molar-refractivity contribution is 0.324. The second-order valence-electron chi connectivity index (χ2n) is 8.29. The van der Waals surface area contributed by atoms with Gasteiger partial charge in [-0.15, -0.1) is 11.3 Å². The standard InChI is InChI=1S/C23H31N5S.CH4/c1-16-8-13-19(29-16)15-24-14-17-9-11-18(12-10-17)25-23-26-21-7-5-4-6-20(21)22(27-23)28(2)3;/h4-8,13,17-18,24H,9-12,14-15H2,1-3H3,(H,25,26,27);1H4. The Labute approximate surface area is 184 Å². The summed E-state index contributed by atoms with van der Waals surface area (Å²) in [5.41, 5.74) is 0.996. The molecule has 0 aliphatic heterocycles. The van der Waals surface area contributed by atoms with Crippen LogP contribution in [0.25, 0.3) is 10.9 Å². The second-order valence-corrected chi connectivity index (χ2v) is 9.66. The van der Waals surface area contributed by atoms with Crippen molar-refractivity contribution >= 4 is 34.0 Å². The summed E-state index contributed by atoms with van der Waals surface area (Å²) < 4.78 is 0. The van der Waals surface area contributed by atoms with Gasteiger partial charge >= 0.3 is 0 Å². The highest BCUT2D eigenvalue weighted by molar-refractivity contribution is 7.11. The van der Waals surface area contributed by atoms with Crippen LogP contribution in [0.4, 0.5) is 11.8 Å². The van der Waals surface area contributed by atoms with E-state index in [1.54, 1.807) is 0 Å². The number of aryl methyl sites for hydroxylation is 1. The minimum Gasteiger partial charge on any atom is -0.362 e. The number of rotatable bonds is 7. The molecular formula is C24H35N5S. The number of para-hydroxylation sites is 1. The molecule has 0 unspecified atom stereocenters. The number of hydrogen-bond donors (Lipinski definition) is 2. The molecule has 4 rings (SSSR count). The van der Waals surface area contributed by atoms with Gasteiger partial charge in [-0.2, -0.15) is 4.98 Å². The first-order chi connectivity index (χ1) is 14.1. The molecule has 3 aromatic rings. The molecule has 5 nitrogen and oxygen atoms in total. The number of nitrogens with one attached hydrogen (secondary N) is 2. The van der Waals surface area contributed by atoms with Gasteiger partial charge in [-0.05, 0) is 69.3 Å². The molecule has 1 saturated carbocycles. The minimum absolute atomic E-state index is 0. The Morgan fingerprint density at radius 2 is 1.80 bits per heavy atom. The summed E-state index contributed by atoms with van der Waals surface area (Å²) in [7, 11) is 4.07. The topological polar surface area (TPSA) is 53.1 Å². The summed E-state index contributed by atoms with van der Waals surface area (Å²) in [5, 5.41) is 8.35. The van der Waals surface area contributed by atoms with Gasteiger partial charge in [0.05, 0.1) is 5.52 Å². The van der Waals surface area contributed by atoms with Gasteiger partial charge in [0, 0.05) is 41.8 Å². The van der Waals surface area contributed by atoms with Gasteiger partial charge in [0.15, 0.2) is 0 Å². The Kier molecular flexibility index (Phi) is 7.67. The molecule has 0 radical (unpaired) electrons. The number of nitrogens with zero attached hydrogens (tertiary/aromatic N) is 3. The second kappa shape index (κ2) is 10.2. The van der Waals surface area contributed by atoms with Crippen molar-refractivity contribution in [3.05, 3.63) is 46.2 Å². The molecule has 2 heterocycles. The molecule has 0 bridgehead atoms. The molecule has 1 aromatic carbocycles. The van der Waals surface area contributed by atoms with Crippen LogP contribution in [0.5, 0.6) is 0 Å². The Balaban J connectivity index is 0.00000256. The molecule has 30 heavy (non-hydrogen) atoms. The first kappa shape index (κ1) is 22.5. The highest BCUT2D eigenvalue weighted by Crippen LogP contribution is 2.28. The fourth-order valence-corrected chi connectivity index (χ4v) is 5.00. The predicted molar refractivity (Wildman–Crippen MR) is 131 cm³/mol. The van der Waals surface area contributed by atoms with Crippen molar-refractivity contribution in [3.63, 3.8) is 0 Å². The largest absolute Gasteiger partial charge is 0.362 e. The van der Waals surface area contributed by atoms with Gasteiger partial charge in [-0.1, -0.05) is 19.6 Å². The molecule has 1 fully saturated rings. The maximum atomic E-state index is 4.79. The monoisotopic (exact) mass is 425 g/mol. The maximum absolute atomic E-state index is 4.79. The highest BCUT2D eigenvalue weighted by atomic mass is 32.1. The molecule has 2 N–H and O–H groups in total. The molecule has 0 spiro atoms. The lowest BCUT2D eigenvalue weighted by atomic mass is 9.86. The van der Waals surface area contributed by atoms with Crippen molar-refractivity contribution in [1.29, 1.82) is 0 Å². The van der Waals surface area contributed by atoms with Crippen LogP contribution >= 0.6 is 11.3 Å². The van der Waals surface area contributed by atoms with Crippen molar-refractivity contribution in [3.8, 4) is 0 Å². The number of aromatic nitrogens is 2. The van der Waals surface area contributed by atoms with E-state index in [0.717, 1.165) is 41.7 Å². The Hall–Kier alpha value is -2.18. The van der Waals surface area contributed by atoms with E-state index < -0.39 is 0 Å². The van der Waals surface area contributed by atoms with Crippen LogP contribution in [0.3, 0.4) is 0 Å². The Morgan fingerprint density at radius 3 is 2.50 bits per heavy atom. The summed E-state index contributed by atoms with van der Waals surface area (Å²) in [6.07, 6.45) is 4.86. The average Bonchev–Trinajstić information content (AvgIpc) is 3.13. The van der Waals surface area contributed by atoms with E-state index in [2.05, 4.69) is 46.7 Å². The first-order valence-electron chi connectivity index (χ1n) is 10.5. The third-order valence-corrected chi connectivity index (χ3v) is 6.72. The third-order valence-electron chi connectivity index (χ3n) is 5.71. The normalized spacial score (nSPS) is 18.8. The van der Waals surface area contributed by atoms with E-state index in [4.69, 9.17) is 9.97 Å². The zero-order valence-corrected chi connectivity index (χ0v) is 18.4. The molecule has 0 amide bonds. The molecule has 1 aliphatic carbocycles. The first-order valence-corrected chi connectivity index (χ1v) is 11.4. The summed E-state index contributed by atoms with van der Waals surface area (Å²) in [6, 6.07) is 13.1. The van der Waals surface area contributed by atoms with Gasteiger partial charge in [0.2, 0.25) is 5.95 Å². The van der Waals surface area contributed by atoms with E-state index in [-0.39, 0.29) is 7.43 Å². The number of anilines is 2. The van der Waals surface area contributed by atoms with Crippen molar-refractivity contribution in [2.24, 2.45) is 5.92 Å². The van der Waals surface area contributed by atoms with E-state index in [1.807, 2.05) is 37.6 Å². The summed E-state index contributed by atoms with van der Waals surface area (Å²) in [5.74, 6) is 2.49. The van der Waals surface area contributed by atoms with E-state index in [9.17, 15) is 0 Å². The van der Waals surface area contributed by atoms with Gasteiger partial charge in [-0.25, -0.2) is 4.98 Å². The Morgan fingerprint density at radius 1 is 1.03 bits per heavy atom. The van der Waals surface area contributed by atoms with Crippen LogP contribution < -0.4 is 15.5 Å². The Bertz CT molecular complexity index is 944. The summed E-state index contributed by atoms with van der Waals surface area (Å²) in [4.78, 5) is 14.4. The van der Waals surface area contributed by atoms with Crippen molar-refractivity contribution in [1.82, 2.24) is 15.3 Å². The van der Waals surface area contributed by atoms with Gasteiger partial charge in [-0.3, -0.25) is 0 Å². The molecule has 2 aromatic heterocycles. The highest BCUT2D eigenvalue weighted by Gasteiger charge is 2.22. The van der Waals surface area contributed by atoms with Crippen molar-refractivity contribution < 1.29 is 0 Å². The lowest BCUT2D eigenvalue weighted by Crippen LogP contribution is -2.31. The number of thiophene rings is 1. The molecule has 1 aliphatic rings. The molecule has 162 valence electrons. The molecular weight excluding hydrogens is 390 g/mol. The van der Waals surface area contributed by atoms with Crippen LogP contribution in [0.1, 0.15) is 42.9 Å². The zero-order chi connectivity index (χ0) is 20.2. The van der Waals surface area contributed by atoms with E-state index >= 15 is 0 Å². The maximum Gasteiger partial charge on any atom is 0.225 e. The summed E-state index contributed by atoms with van der Waals surface area (Å²) >= 11 is 1.89. The minimum atomic E-state index is 0. The fraction of sp³-hybridized carbons (Fsp3) is 0.500. The number of hydrogen-bond acceptors (Lipinski definition) is 6. The van der Waals surface area contributed by atoms with E-state index in [1.165, 1.54) is 35.4 Å². The zero-order valence-electron chi connectivity index (χ0n) is 17.6. The molecule has 0 atom stereocenters. The van der Waals surface area contributed by atoms with Crippen molar-refractivity contribution in [2.75, 3.05) is 30.9 Å². The number of fused-ring (bicyclic) bond motifs is 1. The van der Waals surface area contributed by atoms with Crippen molar-refractivity contribution in [2.45, 2.75) is 52.6 Å². The molecule has 0 saturated heterocycles. The van der Waals surface area contributed by atoms with Gasteiger partial charge in [0.1, 0.15) is 5.82 Å². The van der Waals surface area contributed by atoms with Gasteiger partial charge in [0.25, 0.3) is 0 Å². The smallest absolute Gasteiger partial charge is 0.225 e. The quantitative estimate of drug-likeness (QED) is 0.526. The molecule has 6 heteroatoms. The summed E-state index contributed by atoms with van der Waals surface area (Å²) in [6.45, 7) is 4.28. The van der Waals surface area contributed by atoms with Crippen LogP contribution in [0, 0.1) is 12.8 Å². The van der Waals surface area contributed by atoms with Gasteiger partial charge < -0.3 is 15.5 Å². The SMILES string of the molecule is C.Cc1ccc(CNCC2CCC(Nc3nc(N(C)C)c4ccccc4n3)CC2)s1. The average molecular weight is 426 g/mol. The van der Waals surface area contributed by atoms with Crippen LogP contribution in [-0.4, -0.2) is 36.6 Å². The number of benzene rings is 1. The van der Waals surface area contributed by atoms with Crippen LogP contribution in [0.15, 0.2) is 36.4 Å². The van der Waals surface area contributed by atoms with Crippen LogP contribution in [-0.2, 0) is 6.54 Å². The predicted octanol–water partition coefficient (Wildman–Crippen LogP) is 5.46.